The number of furan rings is 1. The van der Waals surface area contributed by atoms with Gasteiger partial charge in [-0.2, -0.15) is 0 Å². The summed E-state index contributed by atoms with van der Waals surface area (Å²) in [7, 11) is 1.59. The number of nitrogens with two attached hydrogens (primary N) is 1. The minimum absolute atomic E-state index is 0.00687. The predicted molar refractivity (Wildman–Crippen MR) is 146 cm³/mol. The number of piperazine rings is 1. The van der Waals surface area contributed by atoms with Gasteiger partial charge >= 0.3 is 0 Å². The lowest BCUT2D eigenvalue weighted by Gasteiger charge is -2.27. The highest BCUT2D eigenvalue weighted by molar-refractivity contribution is 5.95. The Morgan fingerprint density at radius 3 is 2.66 bits per heavy atom. The lowest BCUT2D eigenvalue weighted by atomic mass is 10.1. The van der Waals surface area contributed by atoms with Crippen LogP contribution in [0.2, 0.25) is 0 Å². The number of hydrogen-bond donors (Lipinski definition) is 2. The molecule has 1 amide bonds. The number of ketones is 1. The van der Waals surface area contributed by atoms with Gasteiger partial charge in [-0.15, -0.1) is 0 Å². The zero-order valence-corrected chi connectivity index (χ0v) is 21.1. The van der Waals surface area contributed by atoms with E-state index in [0.717, 1.165) is 35.3 Å². The van der Waals surface area contributed by atoms with Gasteiger partial charge in [0.15, 0.2) is 17.1 Å². The van der Waals surface area contributed by atoms with E-state index < -0.39 is 0 Å². The van der Waals surface area contributed by atoms with Crippen LogP contribution in [0.3, 0.4) is 0 Å². The largest absolute Gasteiger partial charge is 0.493 e. The number of ether oxygens (including phenoxy) is 1. The maximum Gasteiger partial charge on any atom is 0.255 e. The molecule has 38 heavy (non-hydrogen) atoms. The molecule has 0 bridgehead atoms. The first kappa shape index (κ1) is 25.2. The molecule has 4 aromatic rings. The number of carbonyl (C=O) groups is 2. The molecule has 3 aromatic heterocycles. The zero-order chi connectivity index (χ0) is 26.5. The lowest BCUT2D eigenvalue weighted by Crippen LogP contribution is -2.46. The van der Waals surface area contributed by atoms with Gasteiger partial charge in [0, 0.05) is 62.4 Å². The van der Waals surface area contributed by atoms with Crippen molar-refractivity contribution in [2.75, 3.05) is 39.0 Å². The van der Waals surface area contributed by atoms with Crippen LogP contribution >= 0.6 is 0 Å². The molecule has 9 heteroatoms. The van der Waals surface area contributed by atoms with Crippen LogP contribution in [0, 0.1) is 0 Å². The van der Waals surface area contributed by atoms with E-state index in [4.69, 9.17) is 14.9 Å². The standard InChI is InChI=1S/C29H29N5O4/c1-37-26-16-21(25-8-4-20(18-32-25)29(36)34-12-10-31-11-13-34)14-22-15-24(38-28(22)26)7-6-23(35)5-2-19-3-9-27(30)33-17-19/h2-5,8-9,14-18,31H,6-7,10-13H2,1H3,(H2,30,33)/b5-2+. The van der Waals surface area contributed by atoms with E-state index in [1.807, 2.05) is 41.3 Å². The Bertz CT molecular complexity index is 1470. The van der Waals surface area contributed by atoms with E-state index >= 15 is 0 Å². The van der Waals surface area contributed by atoms with Crippen molar-refractivity contribution in [3.8, 4) is 17.0 Å². The number of amides is 1. The third kappa shape index (κ3) is 5.73. The number of carbonyl (C=O) groups excluding carboxylic acids is 2. The van der Waals surface area contributed by atoms with Crippen molar-refractivity contribution in [3.63, 3.8) is 0 Å². The number of nitrogens with zero attached hydrogens (tertiary/aromatic N) is 3. The van der Waals surface area contributed by atoms with Gasteiger partial charge in [0.1, 0.15) is 11.6 Å². The molecule has 1 aliphatic heterocycles. The Morgan fingerprint density at radius 2 is 1.95 bits per heavy atom. The molecule has 1 fully saturated rings. The third-order valence-electron chi connectivity index (χ3n) is 6.45. The van der Waals surface area contributed by atoms with Gasteiger partial charge in [-0.25, -0.2) is 4.98 Å². The fraction of sp³-hybridized carbons (Fsp3) is 0.241. The van der Waals surface area contributed by atoms with Crippen molar-refractivity contribution < 1.29 is 18.7 Å². The van der Waals surface area contributed by atoms with Gasteiger partial charge in [-0.05, 0) is 60.2 Å². The Hall–Kier alpha value is -4.50. The third-order valence-corrected chi connectivity index (χ3v) is 6.45. The van der Waals surface area contributed by atoms with E-state index in [1.54, 1.807) is 31.6 Å². The number of pyridine rings is 2. The van der Waals surface area contributed by atoms with Gasteiger partial charge in [-0.1, -0.05) is 0 Å². The van der Waals surface area contributed by atoms with E-state index in [0.29, 0.717) is 54.4 Å². The fourth-order valence-electron chi connectivity index (χ4n) is 4.37. The number of aryl methyl sites for hydroxylation is 1. The Labute approximate surface area is 220 Å². The summed E-state index contributed by atoms with van der Waals surface area (Å²) in [6.45, 7) is 2.99. The average molecular weight is 512 g/mol. The minimum atomic E-state index is -0.0189. The Kier molecular flexibility index (Phi) is 7.46. The van der Waals surface area contributed by atoms with E-state index in [-0.39, 0.29) is 11.7 Å². The average Bonchev–Trinajstić information content (AvgIpc) is 3.38. The van der Waals surface area contributed by atoms with Gasteiger partial charge in [0.2, 0.25) is 0 Å². The van der Waals surface area contributed by atoms with E-state index in [9.17, 15) is 9.59 Å². The first-order valence-electron chi connectivity index (χ1n) is 12.5. The van der Waals surface area contributed by atoms with Crippen LogP contribution < -0.4 is 15.8 Å². The van der Waals surface area contributed by atoms with Gasteiger partial charge in [-0.3, -0.25) is 14.6 Å². The van der Waals surface area contributed by atoms with Crippen LogP contribution in [-0.4, -0.2) is 59.8 Å². The lowest BCUT2D eigenvalue weighted by molar-refractivity contribution is -0.114. The summed E-state index contributed by atoms with van der Waals surface area (Å²) in [5.41, 5.74) is 9.16. The van der Waals surface area contributed by atoms with Gasteiger partial charge in [0.05, 0.1) is 18.4 Å². The number of anilines is 1. The summed E-state index contributed by atoms with van der Waals surface area (Å²) in [6.07, 6.45) is 7.26. The number of allylic oxidation sites excluding steroid dienone is 1. The first-order valence-corrected chi connectivity index (χ1v) is 12.5. The molecular formula is C29H29N5O4. The molecule has 194 valence electrons. The van der Waals surface area contributed by atoms with E-state index in [1.165, 1.54) is 6.08 Å². The monoisotopic (exact) mass is 511 g/mol. The fourth-order valence-corrected chi connectivity index (χ4v) is 4.37. The summed E-state index contributed by atoms with van der Waals surface area (Å²) in [6, 6.07) is 12.9. The summed E-state index contributed by atoms with van der Waals surface area (Å²) in [4.78, 5) is 35.5. The van der Waals surface area contributed by atoms with Crippen molar-refractivity contribution in [1.29, 1.82) is 0 Å². The minimum Gasteiger partial charge on any atom is -0.493 e. The van der Waals surface area contributed by atoms with Crippen LogP contribution in [0.4, 0.5) is 5.82 Å². The van der Waals surface area contributed by atoms with Crippen LogP contribution in [-0.2, 0) is 11.2 Å². The van der Waals surface area contributed by atoms with Crippen molar-refractivity contribution in [2.24, 2.45) is 0 Å². The summed E-state index contributed by atoms with van der Waals surface area (Å²) in [5, 5.41) is 4.11. The molecular weight excluding hydrogens is 482 g/mol. The number of benzene rings is 1. The number of nitrogens with one attached hydrogen (secondary N) is 1. The van der Waals surface area contributed by atoms with Gasteiger partial charge in [0.25, 0.3) is 5.91 Å². The number of hydrogen-bond acceptors (Lipinski definition) is 8. The quantitative estimate of drug-likeness (QED) is 0.343. The molecule has 0 spiro atoms. The second-order valence-corrected chi connectivity index (χ2v) is 9.10. The molecule has 1 aliphatic rings. The topological polar surface area (TPSA) is 124 Å². The molecule has 1 saturated heterocycles. The first-order chi connectivity index (χ1) is 18.5. The SMILES string of the molecule is COc1cc(-c2ccc(C(=O)N3CCNCC3)cn2)cc2cc(CCC(=O)/C=C/c3ccc(N)nc3)oc12. The van der Waals surface area contributed by atoms with E-state index in [2.05, 4.69) is 15.3 Å². The smallest absolute Gasteiger partial charge is 0.255 e. The highest BCUT2D eigenvalue weighted by Crippen LogP contribution is 2.34. The summed E-state index contributed by atoms with van der Waals surface area (Å²) >= 11 is 0. The van der Waals surface area contributed by atoms with Crippen LogP contribution in [0.1, 0.15) is 28.1 Å². The number of aromatic nitrogens is 2. The molecule has 5 rings (SSSR count). The molecule has 0 unspecified atom stereocenters. The molecule has 4 heterocycles. The summed E-state index contributed by atoms with van der Waals surface area (Å²) < 4.78 is 11.6. The van der Waals surface area contributed by atoms with Crippen LogP contribution in [0.5, 0.6) is 5.75 Å². The van der Waals surface area contributed by atoms with Crippen LogP contribution in [0.15, 0.2) is 65.4 Å². The maximum absolute atomic E-state index is 12.8. The number of fused-ring (bicyclic) bond motifs is 1. The highest BCUT2D eigenvalue weighted by atomic mass is 16.5. The second-order valence-electron chi connectivity index (χ2n) is 9.10. The van der Waals surface area contributed by atoms with Crippen LogP contribution in [0.25, 0.3) is 28.3 Å². The molecule has 0 saturated carbocycles. The van der Waals surface area contributed by atoms with Crippen molar-refractivity contribution in [2.45, 2.75) is 12.8 Å². The van der Waals surface area contributed by atoms with Crippen molar-refractivity contribution >= 4 is 34.6 Å². The predicted octanol–water partition coefficient (Wildman–Crippen LogP) is 3.74. The molecule has 0 atom stereocenters. The molecule has 3 N–H and O–H groups in total. The van der Waals surface area contributed by atoms with Gasteiger partial charge < -0.3 is 25.1 Å². The molecule has 9 nitrogen and oxygen atoms in total. The van der Waals surface area contributed by atoms with Crippen molar-refractivity contribution in [1.82, 2.24) is 20.2 Å². The maximum atomic E-state index is 12.8. The molecule has 0 radical (unpaired) electrons. The number of rotatable bonds is 8. The molecule has 0 aliphatic carbocycles. The van der Waals surface area contributed by atoms with Crippen molar-refractivity contribution in [3.05, 3.63) is 77.8 Å². The Morgan fingerprint density at radius 1 is 1.11 bits per heavy atom. The second kappa shape index (κ2) is 11.3. The zero-order valence-electron chi connectivity index (χ0n) is 21.1. The number of methoxy groups -OCH3 is 1. The highest BCUT2D eigenvalue weighted by Gasteiger charge is 2.19. The normalized spacial score (nSPS) is 13.8. The molecule has 1 aromatic carbocycles. The summed E-state index contributed by atoms with van der Waals surface area (Å²) in [5.74, 6) is 1.68. The number of nitrogen functional groups attached to an aromatic ring is 1. The Balaban J connectivity index is 1.29.